The molecule has 0 atom stereocenters. The van der Waals surface area contributed by atoms with E-state index in [1.165, 1.54) is 65.7 Å². The molecule has 0 heterocycles. The van der Waals surface area contributed by atoms with Crippen molar-refractivity contribution in [3.05, 3.63) is 188 Å². The molecule has 0 saturated carbocycles. The monoisotopic (exact) mass is 638 g/mol. The second-order valence-corrected chi connectivity index (χ2v) is 13.1. The number of fused-ring (bicyclic) bond motifs is 3. The third kappa shape index (κ3) is 5.03. The fourth-order valence-corrected chi connectivity index (χ4v) is 7.73. The van der Waals surface area contributed by atoms with Gasteiger partial charge in [0, 0.05) is 5.56 Å². The molecule has 0 aromatic heterocycles. The van der Waals surface area contributed by atoms with Crippen LogP contribution in [-0.2, 0) is 0 Å². The lowest BCUT2D eigenvalue weighted by atomic mass is 9.84. The molecule has 9 rings (SSSR count). The van der Waals surface area contributed by atoms with Crippen LogP contribution in [0.4, 0.5) is 0 Å². The topological polar surface area (TPSA) is 20.2 Å². The van der Waals surface area contributed by atoms with E-state index in [0.717, 1.165) is 27.8 Å². The molecule has 0 radical (unpaired) electrons. The van der Waals surface area contributed by atoms with Crippen molar-refractivity contribution in [2.75, 3.05) is 0 Å². The maximum absolute atomic E-state index is 10.6. The van der Waals surface area contributed by atoms with Gasteiger partial charge in [0.1, 0.15) is 5.75 Å². The van der Waals surface area contributed by atoms with Crippen LogP contribution in [0.25, 0.3) is 88.0 Å². The molecule has 0 aliphatic rings. The van der Waals surface area contributed by atoms with Crippen molar-refractivity contribution < 1.29 is 5.11 Å². The number of aromatic hydroxyl groups is 1. The van der Waals surface area contributed by atoms with Gasteiger partial charge in [-0.2, -0.15) is 0 Å². The van der Waals surface area contributed by atoms with Gasteiger partial charge in [-0.3, -0.25) is 0 Å². The maximum Gasteiger partial charge on any atom is 0.123 e. The zero-order chi connectivity index (χ0) is 33.6. The first-order valence-electron chi connectivity index (χ1n) is 17.2. The summed E-state index contributed by atoms with van der Waals surface area (Å²) >= 11 is 0. The number of para-hydroxylation sites is 1. The normalized spacial score (nSPS) is 11.4. The quantitative estimate of drug-likeness (QED) is 0.186. The second kappa shape index (κ2) is 12.2. The Bertz CT molecular complexity index is 2660. The molecule has 0 spiro atoms. The highest BCUT2D eigenvalue weighted by Gasteiger charge is 2.18. The molecular weight excluding hydrogens is 605 g/mol. The van der Waals surface area contributed by atoms with Crippen molar-refractivity contribution in [2.24, 2.45) is 0 Å². The Morgan fingerprint density at radius 3 is 1.52 bits per heavy atom. The number of phenols is 1. The van der Waals surface area contributed by atoms with Crippen LogP contribution < -0.4 is 0 Å². The van der Waals surface area contributed by atoms with Crippen molar-refractivity contribution in [1.29, 1.82) is 0 Å². The minimum Gasteiger partial charge on any atom is -0.507 e. The molecule has 1 heteroatoms. The van der Waals surface area contributed by atoms with E-state index in [9.17, 15) is 5.11 Å². The lowest BCUT2D eigenvalue weighted by Gasteiger charge is -2.19. The smallest absolute Gasteiger partial charge is 0.123 e. The molecule has 1 N–H and O–H groups in total. The fourth-order valence-electron chi connectivity index (χ4n) is 7.73. The van der Waals surface area contributed by atoms with Gasteiger partial charge in [-0.1, -0.05) is 164 Å². The minimum atomic E-state index is 0.294. The minimum absolute atomic E-state index is 0.294. The average molecular weight is 639 g/mol. The van der Waals surface area contributed by atoms with E-state index in [0.29, 0.717) is 5.75 Å². The lowest BCUT2D eigenvalue weighted by Crippen LogP contribution is -1.92. The summed E-state index contributed by atoms with van der Waals surface area (Å²) in [5.41, 5.74) is 12.7. The molecule has 0 bridgehead atoms. The predicted molar refractivity (Wildman–Crippen MR) is 213 cm³/mol. The highest BCUT2D eigenvalue weighted by Crippen LogP contribution is 2.45. The third-order valence-electron chi connectivity index (χ3n) is 10.2. The van der Waals surface area contributed by atoms with Gasteiger partial charge >= 0.3 is 0 Å². The zero-order valence-electron chi connectivity index (χ0n) is 27.8. The molecule has 236 valence electrons. The van der Waals surface area contributed by atoms with Gasteiger partial charge in [0.25, 0.3) is 0 Å². The number of phenolic OH excluding ortho intramolecular Hbond substituents is 1. The summed E-state index contributed by atoms with van der Waals surface area (Å²) in [5.74, 6) is 0.294. The van der Waals surface area contributed by atoms with Crippen molar-refractivity contribution in [3.63, 3.8) is 0 Å². The van der Waals surface area contributed by atoms with Crippen LogP contribution in [0.1, 0.15) is 5.56 Å². The molecule has 0 amide bonds. The van der Waals surface area contributed by atoms with Crippen LogP contribution >= 0.6 is 0 Å². The maximum atomic E-state index is 10.6. The third-order valence-corrected chi connectivity index (χ3v) is 10.2. The first-order chi connectivity index (χ1) is 24.6. The number of benzene rings is 9. The first-order valence-corrected chi connectivity index (χ1v) is 17.2. The highest BCUT2D eigenvalue weighted by molar-refractivity contribution is 6.21. The summed E-state index contributed by atoms with van der Waals surface area (Å²) in [6.45, 7) is 2.15. The number of hydrogen-bond donors (Lipinski definition) is 1. The molecule has 1 nitrogen and oxygen atoms in total. The van der Waals surface area contributed by atoms with Gasteiger partial charge in [0.15, 0.2) is 0 Å². The second-order valence-electron chi connectivity index (χ2n) is 13.1. The SMILES string of the molecule is Cc1c(-c2cccc(-c3c4ccccc4c(-c4ccc(-c5ccc6ccccc6c5)cc4)c4ccccc34)c2)cccc1-c1ccccc1O. The van der Waals surface area contributed by atoms with E-state index in [-0.39, 0.29) is 0 Å². The molecule has 9 aromatic rings. The Kier molecular flexibility index (Phi) is 7.25. The summed E-state index contributed by atoms with van der Waals surface area (Å²) in [6.07, 6.45) is 0. The Balaban J connectivity index is 1.19. The van der Waals surface area contributed by atoms with Crippen molar-refractivity contribution in [3.8, 4) is 61.4 Å². The average Bonchev–Trinajstić information content (AvgIpc) is 3.17. The van der Waals surface area contributed by atoms with E-state index in [2.05, 4.69) is 165 Å². The summed E-state index contributed by atoms with van der Waals surface area (Å²) in [6, 6.07) is 64.8. The molecule has 0 aliphatic heterocycles. The van der Waals surface area contributed by atoms with E-state index in [1.807, 2.05) is 18.2 Å². The van der Waals surface area contributed by atoms with Crippen LogP contribution in [0.2, 0.25) is 0 Å². The van der Waals surface area contributed by atoms with Crippen LogP contribution in [-0.4, -0.2) is 5.11 Å². The van der Waals surface area contributed by atoms with E-state index >= 15 is 0 Å². The molecule has 50 heavy (non-hydrogen) atoms. The fraction of sp³-hybridized carbons (Fsp3) is 0.0204. The molecule has 9 aromatic carbocycles. The van der Waals surface area contributed by atoms with Gasteiger partial charge in [-0.15, -0.1) is 0 Å². The lowest BCUT2D eigenvalue weighted by molar-refractivity contribution is 0.477. The van der Waals surface area contributed by atoms with Gasteiger partial charge in [-0.25, -0.2) is 0 Å². The van der Waals surface area contributed by atoms with Gasteiger partial charge < -0.3 is 5.11 Å². The van der Waals surface area contributed by atoms with Gasteiger partial charge in [0.05, 0.1) is 0 Å². The largest absolute Gasteiger partial charge is 0.507 e. The summed E-state index contributed by atoms with van der Waals surface area (Å²) < 4.78 is 0. The Labute approximate surface area is 292 Å². The summed E-state index contributed by atoms with van der Waals surface area (Å²) in [7, 11) is 0. The van der Waals surface area contributed by atoms with Crippen LogP contribution in [0.3, 0.4) is 0 Å². The Hall–Kier alpha value is -6.44. The Morgan fingerprint density at radius 1 is 0.320 bits per heavy atom. The van der Waals surface area contributed by atoms with Crippen molar-refractivity contribution >= 4 is 32.3 Å². The van der Waals surface area contributed by atoms with Crippen LogP contribution in [0, 0.1) is 6.92 Å². The first kappa shape index (κ1) is 29.7. The number of hydrogen-bond acceptors (Lipinski definition) is 1. The van der Waals surface area contributed by atoms with E-state index in [4.69, 9.17) is 0 Å². The molecular formula is C49H34O. The summed E-state index contributed by atoms with van der Waals surface area (Å²) in [5, 5.41) is 18.1. The van der Waals surface area contributed by atoms with Crippen LogP contribution in [0.15, 0.2) is 182 Å². The van der Waals surface area contributed by atoms with Gasteiger partial charge in [0.2, 0.25) is 0 Å². The highest BCUT2D eigenvalue weighted by atomic mass is 16.3. The van der Waals surface area contributed by atoms with Crippen molar-refractivity contribution in [2.45, 2.75) is 6.92 Å². The van der Waals surface area contributed by atoms with Crippen LogP contribution in [0.5, 0.6) is 5.75 Å². The Morgan fingerprint density at radius 2 is 0.820 bits per heavy atom. The predicted octanol–water partition coefficient (Wildman–Crippen LogP) is 13.5. The molecule has 0 saturated heterocycles. The van der Waals surface area contributed by atoms with Crippen molar-refractivity contribution in [1.82, 2.24) is 0 Å². The molecule has 0 aliphatic carbocycles. The zero-order valence-corrected chi connectivity index (χ0v) is 27.8. The standard InChI is InChI=1S/C49H34O/c1-32-40(21-11-22-41(32)42-16-8-9-23-47(42)50)38-14-10-15-39(31-38)49-45-19-6-4-17-43(45)48(44-18-5-7-20-46(44)49)35-27-24-34(25-28-35)37-29-26-33-12-2-3-13-36(33)30-37/h2-31,50H,1H3. The van der Waals surface area contributed by atoms with Gasteiger partial charge in [-0.05, 0) is 113 Å². The van der Waals surface area contributed by atoms with E-state index in [1.54, 1.807) is 6.07 Å². The number of rotatable bonds is 5. The summed E-state index contributed by atoms with van der Waals surface area (Å²) in [4.78, 5) is 0. The van der Waals surface area contributed by atoms with E-state index < -0.39 is 0 Å². The molecule has 0 unspecified atom stereocenters. The molecule has 0 fully saturated rings.